The van der Waals surface area contributed by atoms with Crippen molar-refractivity contribution in [3.8, 4) is 11.3 Å². The van der Waals surface area contributed by atoms with E-state index in [4.69, 9.17) is 16.3 Å². The molecule has 0 radical (unpaired) electrons. The second-order valence-corrected chi connectivity index (χ2v) is 5.74. The molecule has 1 aliphatic heterocycles. The Morgan fingerprint density at radius 2 is 2.00 bits per heavy atom. The molecule has 0 amide bonds. The summed E-state index contributed by atoms with van der Waals surface area (Å²) in [6.07, 6.45) is 6.35. The minimum Gasteiger partial charge on any atom is -0.376 e. The lowest BCUT2D eigenvalue weighted by Crippen LogP contribution is -2.33. The van der Waals surface area contributed by atoms with Crippen LogP contribution in [-0.2, 0) is 11.3 Å². The van der Waals surface area contributed by atoms with Crippen molar-refractivity contribution in [2.75, 3.05) is 19.7 Å². The third-order valence-corrected chi connectivity index (χ3v) is 4.08. The van der Waals surface area contributed by atoms with Gasteiger partial charge in [0.15, 0.2) is 0 Å². The van der Waals surface area contributed by atoms with Gasteiger partial charge >= 0.3 is 0 Å². The maximum atomic E-state index is 5.96. The average molecular weight is 306 g/mol. The Morgan fingerprint density at radius 3 is 2.76 bits per heavy atom. The van der Waals surface area contributed by atoms with Crippen LogP contribution in [0.1, 0.15) is 12.8 Å². The predicted molar refractivity (Wildman–Crippen MR) is 84.5 cm³/mol. The van der Waals surface area contributed by atoms with Crippen molar-refractivity contribution in [1.82, 2.24) is 14.9 Å². The zero-order valence-corrected chi connectivity index (χ0v) is 12.7. The van der Waals surface area contributed by atoms with Crippen molar-refractivity contribution in [3.05, 3.63) is 41.8 Å². The Morgan fingerprint density at radius 1 is 1.24 bits per heavy atom. The molecule has 0 saturated carbocycles. The van der Waals surface area contributed by atoms with Gasteiger partial charge in [-0.3, -0.25) is 0 Å². The van der Waals surface area contributed by atoms with Crippen molar-refractivity contribution >= 4 is 11.6 Å². The molecule has 4 nitrogen and oxygen atoms in total. The van der Waals surface area contributed by atoms with E-state index in [-0.39, 0.29) is 0 Å². The number of hydrogen-bond donors (Lipinski definition) is 1. The van der Waals surface area contributed by atoms with Gasteiger partial charge in [-0.1, -0.05) is 23.7 Å². The number of aromatic nitrogens is 2. The molecule has 1 saturated heterocycles. The molecule has 1 aromatic carbocycles. The summed E-state index contributed by atoms with van der Waals surface area (Å²) in [5.41, 5.74) is 2.22. The minimum absolute atomic E-state index is 0.397. The zero-order chi connectivity index (χ0) is 14.5. The van der Waals surface area contributed by atoms with Crippen LogP contribution in [0.25, 0.3) is 11.3 Å². The fourth-order valence-electron chi connectivity index (χ4n) is 2.64. The average Bonchev–Trinajstić information content (AvgIpc) is 2.98. The fourth-order valence-corrected chi connectivity index (χ4v) is 2.77. The maximum Gasteiger partial charge on any atom is 0.0951 e. The molecule has 2 heterocycles. The van der Waals surface area contributed by atoms with Gasteiger partial charge in [-0.05, 0) is 43.6 Å². The molecule has 1 fully saturated rings. The van der Waals surface area contributed by atoms with Crippen molar-refractivity contribution < 1.29 is 4.74 Å². The summed E-state index contributed by atoms with van der Waals surface area (Å²) >= 11 is 5.93. The highest BCUT2D eigenvalue weighted by Gasteiger charge is 2.13. The van der Waals surface area contributed by atoms with Gasteiger partial charge in [0.1, 0.15) is 0 Å². The molecule has 1 aliphatic rings. The van der Waals surface area contributed by atoms with Crippen molar-refractivity contribution in [2.45, 2.75) is 25.5 Å². The molecule has 2 aromatic rings. The van der Waals surface area contributed by atoms with Gasteiger partial charge in [0.2, 0.25) is 0 Å². The Hall–Kier alpha value is -1.36. The first-order chi connectivity index (χ1) is 10.3. The maximum absolute atomic E-state index is 5.96. The molecular weight excluding hydrogens is 286 g/mol. The number of nitrogens with one attached hydrogen (secondary N) is 1. The second kappa shape index (κ2) is 7.07. The summed E-state index contributed by atoms with van der Waals surface area (Å²) in [6.45, 7) is 3.67. The van der Waals surface area contributed by atoms with Gasteiger partial charge in [-0.15, -0.1) is 0 Å². The van der Waals surface area contributed by atoms with Gasteiger partial charge < -0.3 is 14.6 Å². The van der Waals surface area contributed by atoms with E-state index in [1.165, 1.54) is 0 Å². The largest absolute Gasteiger partial charge is 0.376 e. The number of nitrogens with zero attached hydrogens (tertiary/aromatic N) is 2. The van der Waals surface area contributed by atoms with E-state index in [1.807, 2.05) is 36.8 Å². The molecule has 1 aromatic heterocycles. The summed E-state index contributed by atoms with van der Waals surface area (Å²) in [7, 11) is 0. The molecule has 112 valence electrons. The van der Waals surface area contributed by atoms with Crippen LogP contribution in [-0.4, -0.2) is 35.4 Å². The highest BCUT2D eigenvalue weighted by molar-refractivity contribution is 6.30. The molecule has 0 atom stereocenters. The SMILES string of the molecule is Clc1ccc(-c2cncn2CCOC2CCNCC2)cc1. The van der Waals surface area contributed by atoms with E-state index in [2.05, 4.69) is 14.9 Å². The number of benzene rings is 1. The first-order valence-corrected chi connectivity index (χ1v) is 7.79. The van der Waals surface area contributed by atoms with Gasteiger partial charge in [0.05, 0.1) is 30.9 Å². The van der Waals surface area contributed by atoms with E-state index < -0.39 is 0 Å². The molecule has 21 heavy (non-hydrogen) atoms. The van der Waals surface area contributed by atoms with Crippen molar-refractivity contribution in [3.63, 3.8) is 0 Å². The summed E-state index contributed by atoms with van der Waals surface area (Å²) in [4.78, 5) is 4.25. The fraction of sp³-hybridized carbons (Fsp3) is 0.438. The van der Waals surface area contributed by atoms with Gasteiger partial charge in [0, 0.05) is 11.6 Å². The Bertz CT molecular complexity index is 561. The minimum atomic E-state index is 0.397. The van der Waals surface area contributed by atoms with Crippen molar-refractivity contribution in [2.24, 2.45) is 0 Å². The topological polar surface area (TPSA) is 39.1 Å². The Kier molecular flexibility index (Phi) is 4.91. The smallest absolute Gasteiger partial charge is 0.0951 e. The van der Waals surface area contributed by atoms with Crippen molar-refractivity contribution in [1.29, 1.82) is 0 Å². The number of ether oxygens (including phenoxy) is 1. The quantitative estimate of drug-likeness (QED) is 0.923. The summed E-state index contributed by atoms with van der Waals surface area (Å²) < 4.78 is 8.09. The van der Waals surface area contributed by atoms with E-state index >= 15 is 0 Å². The lowest BCUT2D eigenvalue weighted by Gasteiger charge is -2.23. The highest BCUT2D eigenvalue weighted by atomic mass is 35.5. The molecule has 0 spiro atoms. The predicted octanol–water partition coefficient (Wildman–Crippen LogP) is 2.97. The normalized spacial score (nSPS) is 16.2. The second-order valence-electron chi connectivity index (χ2n) is 5.30. The summed E-state index contributed by atoms with van der Waals surface area (Å²) in [6, 6.07) is 7.84. The number of hydrogen-bond acceptors (Lipinski definition) is 3. The third-order valence-electron chi connectivity index (χ3n) is 3.82. The van der Waals surface area contributed by atoms with E-state index in [0.717, 1.165) is 55.4 Å². The summed E-state index contributed by atoms with van der Waals surface area (Å²) in [5.74, 6) is 0. The monoisotopic (exact) mass is 305 g/mol. The van der Waals surface area contributed by atoms with E-state index in [9.17, 15) is 0 Å². The lowest BCUT2D eigenvalue weighted by atomic mass is 10.1. The van der Waals surface area contributed by atoms with Crippen LogP contribution in [0.4, 0.5) is 0 Å². The van der Waals surface area contributed by atoms with Gasteiger partial charge in [-0.25, -0.2) is 4.98 Å². The van der Waals surface area contributed by atoms with Crippen LogP contribution < -0.4 is 5.32 Å². The number of imidazole rings is 1. The van der Waals surface area contributed by atoms with Gasteiger partial charge in [-0.2, -0.15) is 0 Å². The van der Waals surface area contributed by atoms with E-state index in [1.54, 1.807) is 0 Å². The molecule has 0 bridgehead atoms. The molecule has 3 rings (SSSR count). The van der Waals surface area contributed by atoms with Gasteiger partial charge in [0.25, 0.3) is 0 Å². The molecule has 0 aliphatic carbocycles. The Labute approximate surface area is 130 Å². The first-order valence-electron chi connectivity index (χ1n) is 7.41. The van der Waals surface area contributed by atoms with Crippen LogP contribution in [0.2, 0.25) is 5.02 Å². The van der Waals surface area contributed by atoms with Crippen LogP contribution in [0.15, 0.2) is 36.8 Å². The standard InChI is InChI=1S/C16H20ClN3O/c17-14-3-1-13(2-4-14)16-11-19-12-20(16)9-10-21-15-5-7-18-8-6-15/h1-4,11-12,15,18H,5-10H2. The first kappa shape index (κ1) is 14.6. The van der Waals surface area contributed by atoms with Crippen LogP contribution in [0.3, 0.4) is 0 Å². The molecular formula is C16H20ClN3O. The number of halogens is 1. The molecule has 5 heteroatoms. The lowest BCUT2D eigenvalue weighted by molar-refractivity contribution is 0.0286. The van der Waals surface area contributed by atoms with Crippen LogP contribution >= 0.6 is 11.6 Å². The Balaban J connectivity index is 1.59. The molecule has 1 N–H and O–H groups in total. The zero-order valence-electron chi connectivity index (χ0n) is 12.0. The highest BCUT2D eigenvalue weighted by Crippen LogP contribution is 2.21. The van der Waals surface area contributed by atoms with Crippen LogP contribution in [0.5, 0.6) is 0 Å². The van der Waals surface area contributed by atoms with Crippen LogP contribution in [0, 0.1) is 0 Å². The third kappa shape index (κ3) is 3.84. The molecule has 0 unspecified atom stereocenters. The van der Waals surface area contributed by atoms with E-state index in [0.29, 0.717) is 6.10 Å². The number of rotatable bonds is 5. The number of piperidine rings is 1. The summed E-state index contributed by atoms with van der Waals surface area (Å²) in [5, 5.41) is 4.10.